The van der Waals surface area contributed by atoms with Crippen LogP contribution < -0.4 is 15.2 Å². The van der Waals surface area contributed by atoms with Crippen LogP contribution in [0.5, 0.6) is 11.5 Å². The smallest absolute Gasteiger partial charge is 0.161 e. The van der Waals surface area contributed by atoms with Gasteiger partial charge in [-0.25, -0.2) is 0 Å². The molecule has 3 heteroatoms. The van der Waals surface area contributed by atoms with Crippen LogP contribution in [0.25, 0.3) is 0 Å². The topological polar surface area (TPSA) is 44.5 Å². The first-order valence-corrected chi connectivity index (χ1v) is 4.77. The molecular formula is C11H17NO2. The van der Waals surface area contributed by atoms with Crippen molar-refractivity contribution in [2.24, 2.45) is 5.73 Å². The van der Waals surface area contributed by atoms with Crippen molar-refractivity contribution < 1.29 is 9.47 Å². The molecule has 1 aromatic carbocycles. The fourth-order valence-corrected chi connectivity index (χ4v) is 1.08. The maximum absolute atomic E-state index is 5.62. The summed E-state index contributed by atoms with van der Waals surface area (Å²) in [5, 5.41) is 0. The lowest BCUT2D eigenvalue weighted by atomic mass is 10.3. The van der Waals surface area contributed by atoms with Gasteiger partial charge in [0.25, 0.3) is 0 Å². The second-order valence-corrected chi connectivity index (χ2v) is 2.97. The van der Waals surface area contributed by atoms with Gasteiger partial charge >= 0.3 is 0 Å². The van der Waals surface area contributed by atoms with Crippen LogP contribution in [0.15, 0.2) is 24.3 Å². The van der Waals surface area contributed by atoms with Crippen molar-refractivity contribution in [2.75, 3.05) is 14.2 Å². The lowest BCUT2D eigenvalue weighted by molar-refractivity contribution is 0.282. The average molecular weight is 195 g/mol. The Balaban J connectivity index is 0.000000461. The summed E-state index contributed by atoms with van der Waals surface area (Å²) in [6.45, 7) is 0. The third kappa shape index (κ3) is 2.92. The zero-order valence-corrected chi connectivity index (χ0v) is 8.69. The standard InChI is InChI=1S/C10H12O2.CH5N/c1-11-9-4-2-3-5-10(9)12-8-6-7-8;1-2/h2-5,8H,6-7H2,1H3;2H2,1H3. The number of para-hydroxylation sites is 2. The van der Waals surface area contributed by atoms with Gasteiger partial charge in [0, 0.05) is 0 Å². The van der Waals surface area contributed by atoms with Gasteiger partial charge in [0.2, 0.25) is 0 Å². The number of hydrogen-bond donors (Lipinski definition) is 1. The predicted molar refractivity (Wildman–Crippen MR) is 56.8 cm³/mol. The number of benzene rings is 1. The van der Waals surface area contributed by atoms with Gasteiger partial charge in [-0.2, -0.15) is 0 Å². The molecule has 14 heavy (non-hydrogen) atoms. The average Bonchev–Trinajstić information content (AvgIpc) is 3.06. The summed E-state index contributed by atoms with van der Waals surface area (Å²) in [4.78, 5) is 0. The molecule has 1 aromatic rings. The van der Waals surface area contributed by atoms with Crippen LogP contribution in [0.2, 0.25) is 0 Å². The molecule has 0 aliphatic heterocycles. The number of methoxy groups -OCH3 is 1. The number of hydrogen-bond acceptors (Lipinski definition) is 3. The van der Waals surface area contributed by atoms with Crippen LogP contribution in [0.1, 0.15) is 12.8 Å². The maximum Gasteiger partial charge on any atom is 0.161 e. The van der Waals surface area contributed by atoms with Crippen LogP contribution in [0, 0.1) is 0 Å². The summed E-state index contributed by atoms with van der Waals surface area (Å²) in [5.74, 6) is 1.69. The highest BCUT2D eigenvalue weighted by Gasteiger charge is 2.24. The lowest BCUT2D eigenvalue weighted by Crippen LogP contribution is -1.97. The molecule has 3 nitrogen and oxygen atoms in total. The Labute approximate surface area is 84.8 Å². The van der Waals surface area contributed by atoms with Gasteiger partial charge in [-0.3, -0.25) is 0 Å². The minimum Gasteiger partial charge on any atom is -0.493 e. The van der Waals surface area contributed by atoms with Gasteiger partial charge in [0.05, 0.1) is 13.2 Å². The van der Waals surface area contributed by atoms with Crippen LogP contribution in [-0.2, 0) is 0 Å². The molecule has 78 valence electrons. The highest BCUT2D eigenvalue weighted by atomic mass is 16.5. The highest BCUT2D eigenvalue weighted by molar-refractivity contribution is 5.39. The predicted octanol–water partition coefficient (Wildman–Crippen LogP) is 1.81. The van der Waals surface area contributed by atoms with E-state index >= 15 is 0 Å². The molecule has 0 saturated heterocycles. The first-order valence-electron chi connectivity index (χ1n) is 4.77. The van der Waals surface area contributed by atoms with E-state index in [1.807, 2.05) is 24.3 Å². The Morgan fingerprint density at radius 2 is 1.71 bits per heavy atom. The molecule has 0 spiro atoms. The molecule has 1 aliphatic rings. The molecule has 0 atom stereocenters. The summed E-state index contributed by atoms with van der Waals surface area (Å²) in [5.41, 5.74) is 4.50. The Morgan fingerprint density at radius 1 is 1.14 bits per heavy atom. The van der Waals surface area contributed by atoms with Gasteiger partial charge < -0.3 is 15.2 Å². The van der Waals surface area contributed by atoms with Crippen molar-refractivity contribution in [2.45, 2.75) is 18.9 Å². The van der Waals surface area contributed by atoms with Gasteiger partial charge in [-0.15, -0.1) is 0 Å². The zero-order chi connectivity index (χ0) is 10.4. The molecule has 0 radical (unpaired) electrons. The molecule has 0 amide bonds. The Hall–Kier alpha value is -1.22. The van der Waals surface area contributed by atoms with Gasteiger partial charge in [0.1, 0.15) is 0 Å². The molecule has 0 bridgehead atoms. The van der Waals surface area contributed by atoms with Crippen LogP contribution in [0.4, 0.5) is 0 Å². The first-order chi connectivity index (χ1) is 6.90. The SMILES string of the molecule is CN.COc1ccccc1OC1CC1. The summed E-state index contributed by atoms with van der Waals surface area (Å²) in [6.07, 6.45) is 2.79. The zero-order valence-electron chi connectivity index (χ0n) is 8.69. The quantitative estimate of drug-likeness (QED) is 0.800. The third-order valence-electron chi connectivity index (χ3n) is 1.89. The molecule has 0 aromatic heterocycles. The second-order valence-electron chi connectivity index (χ2n) is 2.97. The van der Waals surface area contributed by atoms with Crippen molar-refractivity contribution in [3.05, 3.63) is 24.3 Å². The van der Waals surface area contributed by atoms with Crippen LogP contribution in [0.3, 0.4) is 0 Å². The Bertz CT molecular complexity index is 272. The molecular weight excluding hydrogens is 178 g/mol. The minimum atomic E-state index is 0.432. The largest absolute Gasteiger partial charge is 0.493 e. The molecule has 0 unspecified atom stereocenters. The van der Waals surface area contributed by atoms with Crippen LogP contribution in [-0.4, -0.2) is 20.3 Å². The van der Waals surface area contributed by atoms with E-state index in [9.17, 15) is 0 Å². The molecule has 1 aliphatic carbocycles. The number of ether oxygens (including phenoxy) is 2. The van der Waals surface area contributed by atoms with E-state index in [2.05, 4.69) is 5.73 Å². The second kappa shape index (κ2) is 5.50. The first kappa shape index (κ1) is 10.9. The van der Waals surface area contributed by atoms with E-state index in [-0.39, 0.29) is 0 Å². The number of nitrogens with two attached hydrogens (primary N) is 1. The summed E-state index contributed by atoms with van der Waals surface area (Å²) >= 11 is 0. The fourth-order valence-electron chi connectivity index (χ4n) is 1.08. The lowest BCUT2D eigenvalue weighted by Gasteiger charge is -2.08. The van der Waals surface area contributed by atoms with E-state index in [4.69, 9.17) is 9.47 Å². The Kier molecular flexibility index (Phi) is 4.26. The molecule has 1 saturated carbocycles. The third-order valence-corrected chi connectivity index (χ3v) is 1.89. The fraction of sp³-hybridized carbons (Fsp3) is 0.455. The monoisotopic (exact) mass is 195 g/mol. The minimum absolute atomic E-state index is 0.432. The van der Waals surface area contributed by atoms with E-state index in [1.54, 1.807) is 7.11 Å². The molecule has 0 heterocycles. The molecule has 2 N–H and O–H groups in total. The van der Waals surface area contributed by atoms with Crippen molar-refractivity contribution in [3.8, 4) is 11.5 Å². The summed E-state index contributed by atoms with van der Waals surface area (Å²) in [6, 6.07) is 7.76. The van der Waals surface area contributed by atoms with Crippen molar-refractivity contribution >= 4 is 0 Å². The summed E-state index contributed by atoms with van der Waals surface area (Å²) in [7, 11) is 3.16. The van der Waals surface area contributed by atoms with Crippen molar-refractivity contribution in [3.63, 3.8) is 0 Å². The van der Waals surface area contributed by atoms with Gasteiger partial charge in [0.15, 0.2) is 11.5 Å². The van der Waals surface area contributed by atoms with E-state index in [0.29, 0.717) is 6.10 Å². The van der Waals surface area contributed by atoms with Gasteiger partial charge in [-0.1, -0.05) is 12.1 Å². The molecule has 2 rings (SSSR count). The van der Waals surface area contributed by atoms with Crippen molar-refractivity contribution in [1.82, 2.24) is 0 Å². The van der Waals surface area contributed by atoms with Gasteiger partial charge in [-0.05, 0) is 32.0 Å². The maximum atomic E-state index is 5.62. The molecule has 1 fully saturated rings. The number of rotatable bonds is 3. The summed E-state index contributed by atoms with van der Waals surface area (Å²) < 4.78 is 10.8. The van der Waals surface area contributed by atoms with E-state index in [0.717, 1.165) is 11.5 Å². The van der Waals surface area contributed by atoms with E-state index in [1.165, 1.54) is 19.9 Å². The highest BCUT2D eigenvalue weighted by Crippen LogP contribution is 2.32. The van der Waals surface area contributed by atoms with E-state index < -0.39 is 0 Å². The Morgan fingerprint density at radius 3 is 2.21 bits per heavy atom. The van der Waals surface area contributed by atoms with Crippen molar-refractivity contribution in [1.29, 1.82) is 0 Å². The van der Waals surface area contributed by atoms with Crippen LogP contribution >= 0.6 is 0 Å². The normalized spacial score (nSPS) is 13.9.